The summed E-state index contributed by atoms with van der Waals surface area (Å²) in [6.45, 7) is 1.02. The Balaban J connectivity index is 1.94. The smallest absolute Gasteiger partial charge is 0.308 e. The van der Waals surface area contributed by atoms with E-state index in [-0.39, 0.29) is 5.91 Å². The van der Waals surface area contributed by atoms with Crippen LogP contribution in [0.5, 0.6) is 0 Å². The molecule has 1 aromatic heterocycles. The second-order valence-electron chi connectivity index (χ2n) is 4.40. The van der Waals surface area contributed by atoms with Crippen LogP contribution in [-0.2, 0) is 16.0 Å². The van der Waals surface area contributed by atoms with Crippen LogP contribution in [0.3, 0.4) is 0 Å². The van der Waals surface area contributed by atoms with Crippen LogP contribution in [0.1, 0.15) is 17.7 Å². The summed E-state index contributed by atoms with van der Waals surface area (Å²) < 4.78 is 1.01. The molecule has 4 nitrogen and oxygen atoms in total. The molecular weight excluding hydrogens is 318 g/mol. The van der Waals surface area contributed by atoms with E-state index < -0.39 is 11.9 Å². The van der Waals surface area contributed by atoms with Crippen LogP contribution in [0.15, 0.2) is 15.9 Å². The number of carboxylic acid groups (broad SMARTS) is 1. The second-order valence-corrected chi connectivity index (χ2v) is 6.95. The molecule has 0 unspecified atom stereocenters. The number of rotatable bonds is 3. The second kappa shape index (κ2) is 5.84. The van der Waals surface area contributed by atoms with Gasteiger partial charge < -0.3 is 10.0 Å². The number of carboxylic acids is 1. The van der Waals surface area contributed by atoms with Crippen LogP contribution in [0.2, 0.25) is 0 Å². The first-order valence-electron chi connectivity index (χ1n) is 5.81. The molecule has 1 amide bonds. The first kappa shape index (κ1) is 13.5. The average molecular weight is 332 g/mol. The molecule has 1 aliphatic heterocycles. The number of carbonyl (C=O) groups excluding carboxylic acids is 1. The number of aliphatic carboxylic acids is 1. The van der Waals surface area contributed by atoms with Crippen molar-refractivity contribution in [1.82, 2.24) is 4.90 Å². The van der Waals surface area contributed by atoms with Gasteiger partial charge >= 0.3 is 5.97 Å². The van der Waals surface area contributed by atoms with Gasteiger partial charge in [-0.1, -0.05) is 0 Å². The summed E-state index contributed by atoms with van der Waals surface area (Å²) in [5, 5.41) is 8.99. The number of nitrogens with zero attached hydrogens (tertiary/aromatic N) is 1. The number of amides is 1. The van der Waals surface area contributed by atoms with Gasteiger partial charge in [-0.05, 0) is 40.9 Å². The molecule has 1 saturated heterocycles. The highest BCUT2D eigenvalue weighted by atomic mass is 79.9. The van der Waals surface area contributed by atoms with Gasteiger partial charge in [0.1, 0.15) is 0 Å². The fraction of sp³-hybridized carbons (Fsp3) is 0.500. The van der Waals surface area contributed by atoms with Crippen molar-refractivity contribution in [3.05, 3.63) is 20.8 Å². The molecule has 0 aromatic carbocycles. The van der Waals surface area contributed by atoms with Crippen molar-refractivity contribution in [3.8, 4) is 0 Å². The minimum atomic E-state index is -0.800. The van der Waals surface area contributed by atoms with E-state index >= 15 is 0 Å². The molecule has 0 aliphatic carbocycles. The van der Waals surface area contributed by atoms with Gasteiger partial charge in [-0.3, -0.25) is 9.59 Å². The van der Waals surface area contributed by atoms with Crippen LogP contribution in [0, 0.1) is 5.92 Å². The van der Waals surface area contributed by atoms with Gasteiger partial charge in [-0.15, -0.1) is 11.3 Å². The van der Waals surface area contributed by atoms with E-state index in [1.165, 1.54) is 0 Å². The SMILES string of the molecule is O=C(O)[C@H]1CCCN(C(=O)Cc2ccc(Br)s2)C1. The van der Waals surface area contributed by atoms with Gasteiger partial charge in [0.05, 0.1) is 16.1 Å². The Labute approximate surface area is 118 Å². The van der Waals surface area contributed by atoms with Gasteiger partial charge in [0.2, 0.25) is 5.91 Å². The fourth-order valence-electron chi connectivity index (χ4n) is 2.11. The highest BCUT2D eigenvalue weighted by Crippen LogP contribution is 2.24. The fourth-order valence-corrected chi connectivity index (χ4v) is 3.59. The summed E-state index contributed by atoms with van der Waals surface area (Å²) in [6.07, 6.45) is 1.81. The highest BCUT2D eigenvalue weighted by molar-refractivity contribution is 9.11. The van der Waals surface area contributed by atoms with E-state index in [4.69, 9.17) is 5.11 Å². The normalized spacial score (nSPS) is 19.8. The van der Waals surface area contributed by atoms with Gasteiger partial charge in [0, 0.05) is 18.0 Å². The van der Waals surface area contributed by atoms with E-state index in [0.29, 0.717) is 25.9 Å². The summed E-state index contributed by atoms with van der Waals surface area (Å²) in [6, 6.07) is 3.84. The highest BCUT2D eigenvalue weighted by Gasteiger charge is 2.28. The van der Waals surface area contributed by atoms with Crippen molar-refractivity contribution < 1.29 is 14.7 Å². The molecule has 98 valence electrons. The number of piperidine rings is 1. The molecule has 0 bridgehead atoms. The van der Waals surface area contributed by atoms with Gasteiger partial charge in [-0.2, -0.15) is 0 Å². The van der Waals surface area contributed by atoms with E-state index in [1.807, 2.05) is 12.1 Å². The molecule has 0 radical (unpaired) electrons. The summed E-state index contributed by atoms with van der Waals surface area (Å²) in [7, 11) is 0. The molecule has 0 spiro atoms. The zero-order valence-corrected chi connectivity index (χ0v) is 12.2. The van der Waals surface area contributed by atoms with Crippen LogP contribution in [0.25, 0.3) is 0 Å². The number of carbonyl (C=O) groups is 2. The zero-order valence-electron chi connectivity index (χ0n) is 9.76. The van der Waals surface area contributed by atoms with Crippen molar-refractivity contribution in [2.45, 2.75) is 19.3 Å². The van der Waals surface area contributed by atoms with E-state index in [9.17, 15) is 9.59 Å². The molecule has 6 heteroatoms. The summed E-state index contributed by atoms with van der Waals surface area (Å²) in [5.41, 5.74) is 0. The van der Waals surface area contributed by atoms with E-state index in [0.717, 1.165) is 15.1 Å². The van der Waals surface area contributed by atoms with Crippen LogP contribution >= 0.6 is 27.3 Å². The molecule has 2 rings (SSSR count). The summed E-state index contributed by atoms with van der Waals surface area (Å²) in [4.78, 5) is 25.7. The van der Waals surface area contributed by atoms with Gasteiger partial charge in [0.15, 0.2) is 0 Å². The van der Waals surface area contributed by atoms with Gasteiger partial charge in [0.25, 0.3) is 0 Å². The number of hydrogen-bond acceptors (Lipinski definition) is 3. The molecule has 1 aromatic rings. The van der Waals surface area contributed by atoms with Crippen LogP contribution in [0.4, 0.5) is 0 Å². The van der Waals surface area contributed by atoms with Gasteiger partial charge in [-0.25, -0.2) is 0 Å². The first-order valence-corrected chi connectivity index (χ1v) is 7.42. The van der Waals surface area contributed by atoms with Crippen molar-refractivity contribution >= 4 is 39.1 Å². The maximum Gasteiger partial charge on any atom is 0.308 e. The molecule has 0 saturated carbocycles. The topological polar surface area (TPSA) is 57.6 Å². The number of hydrogen-bond donors (Lipinski definition) is 1. The Morgan fingerprint density at radius 3 is 2.89 bits per heavy atom. The lowest BCUT2D eigenvalue weighted by atomic mass is 9.98. The minimum absolute atomic E-state index is 0.0234. The summed E-state index contributed by atoms with van der Waals surface area (Å²) >= 11 is 4.90. The lowest BCUT2D eigenvalue weighted by Crippen LogP contribution is -2.42. The maximum atomic E-state index is 12.1. The molecule has 1 aliphatic rings. The molecule has 1 atom stereocenters. The third kappa shape index (κ3) is 3.32. The number of likely N-dealkylation sites (tertiary alicyclic amines) is 1. The standard InChI is InChI=1S/C12H14BrNO3S/c13-10-4-3-9(18-10)6-11(15)14-5-1-2-8(7-14)12(16)17/h3-4,8H,1-2,5-7H2,(H,16,17)/t8-/m0/s1. The first-order chi connectivity index (χ1) is 8.56. The predicted molar refractivity (Wildman–Crippen MR) is 72.7 cm³/mol. The number of halogens is 1. The van der Waals surface area contributed by atoms with Crippen molar-refractivity contribution in [2.75, 3.05) is 13.1 Å². The third-order valence-corrected chi connectivity index (χ3v) is 4.70. The van der Waals surface area contributed by atoms with Crippen molar-refractivity contribution in [2.24, 2.45) is 5.92 Å². The molecule has 1 N–H and O–H groups in total. The quantitative estimate of drug-likeness (QED) is 0.925. The van der Waals surface area contributed by atoms with Crippen LogP contribution in [-0.4, -0.2) is 35.0 Å². The Bertz CT molecular complexity index is 460. The Morgan fingerprint density at radius 2 is 2.28 bits per heavy atom. The lowest BCUT2D eigenvalue weighted by Gasteiger charge is -2.30. The number of thiophene rings is 1. The van der Waals surface area contributed by atoms with Crippen molar-refractivity contribution in [1.29, 1.82) is 0 Å². The van der Waals surface area contributed by atoms with Crippen molar-refractivity contribution in [3.63, 3.8) is 0 Å². The summed E-state index contributed by atoms with van der Waals surface area (Å²) in [5.74, 6) is -1.18. The molecule has 18 heavy (non-hydrogen) atoms. The Morgan fingerprint density at radius 1 is 1.50 bits per heavy atom. The molecule has 2 heterocycles. The monoisotopic (exact) mass is 331 g/mol. The molecular formula is C12H14BrNO3S. The van der Waals surface area contributed by atoms with E-state index in [2.05, 4.69) is 15.9 Å². The minimum Gasteiger partial charge on any atom is -0.481 e. The van der Waals surface area contributed by atoms with E-state index in [1.54, 1.807) is 16.2 Å². The maximum absolute atomic E-state index is 12.1. The predicted octanol–water partition coefficient (Wildman–Crippen LogP) is 2.38. The Kier molecular flexibility index (Phi) is 4.40. The zero-order chi connectivity index (χ0) is 13.1. The average Bonchev–Trinajstić information content (AvgIpc) is 2.75. The van der Waals surface area contributed by atoms with Crippen LogP contribution < -0.4 is 0 Å². The third-order valence-electron chi connectivity index (χ3n) is 3.08. The largest absolute Gasteiger partial charge is 0.481 e. The molecule has 1 fully saturated rings. The lowest BCUT2D eigenvalue weighted by molar-refractivity contribution is -0.145. The Hall–Kier alpha value is -0.880.